The number of allylic oxidation sites excluding steroid dienone is 4. The summed E-state index contributed by atoms with van der Waals surface area (Å²) in [7, 11) is -0.000906. The topological polar surface area (TPSA) is 166 Å². The minimum Gasteiger partial charge on any atom is -0.456 e. The zero-order valence-electron chi connectivity index (χ0n) is 53.8. The normalized spacial score (nSPS) is 34.4. The summed E-state index contributed by atoms with van der Waals surface area (Å²) in [5.41, 5.74) is 3.70. The number of piperidine rings is 1. The molecule has 460 valence electrons. The third kappa shape index (κ3) is 15.8. The summed E-state index contributed by atoms with van der Waals surface area (Å²) < 4.78 is 53.6. The van der Waals surface area contributed by atoms with Crippen LogP contribution in [0.4, 0.5) is 0 Å². The average Bonchev–Trinajstić information content (AvgIpc) is 3.38. The molecular formula is C64H113NO13Si2. The molecule has 1 N–H and O–H groups in total. The predicted octanol–water partition coefficient (Wildman–Crippen LogP) is 13.4. The highest BCUT2D eigenvalue weighted by Gasteiger charge is 2.60. The van der Waals surface area contributed by atoms with Crippen LogP contribution in [0.3, 0.4) is 0 Å². The molecule has 0 spiro atoms. The van der Waals surface area contributed by atoms with E-state index in [1.807, 2.05) is 6.92 Å². The molecule has 2 bridgehead atoms. The lowest BCUT2D eigenvalue weighted by atomic mass is 9.81. The molecule has 15 atom stereocenters. The van der Waals surface area contributed by atoms with Crippen LogP contribution in [-0.4, -0.2) is 139 Å². The van der Waals surface area contributed by atoms with E-state index in [9.17, 15) is 9.90 Å². The quantitative estimate of drug-likeness (QED) is 0.0783. The monoisotopic (exact) mass is 1160 g/mol. The molecular weight excluding hydrogens is 1050 g/mol. The van der Waals surface area contributed by atoms with Crippen molar-refractivity contribution in [1.29, 1.82) is 0 Å². The van der Waals surface area contributed by atoms with Crippen LogP contribution in [0.15, 0.2) is 36.0 Å². The zero-order chi connectivity index (χ0) is 60.4. The molecule has 14 nitrogen and oxygen atoms in total. The van der Waals surface area contributed by atoms with Crippen molar-refractivity contribution in [3.8, 4) is 0 Å². The van der Waals surface area contributed by atoms with Gasteiger partial charge in [0.05, 0.1) is 30.5 Å². The number of Topliss-reactive ketones (excluding diaryl/α,β-unsaturated/α-hetero) is 1. The number of nitrogens with zero attached hydrogens (tertiary/aromatic N) is 1. The fourth-order valence-corrected chi connectivity index (χ4v) is 26.8. The Balaban J connectivity index is 1.99. The minimum atomic E-state index is -2.71. The van der Waals surface area contributed by atoms with Crippen molar-refractivity contribution < 1.29 is 61.6 Å². The van der Waals surface area contributed by atoms with E-state index in [1.54, 1.807) is 34.3 Å². The number of carbonyl (C=O) groups is 4. The molecule has 1 aliphatic carbocycles. The van der Waals surface area contributed by atoms with Crippen molar-refractivity contribution in [2.24, 2.45) is 29.6 Å². The van der Waals surface area contributed by atoms with E-state index < -0.39 is 101 Å². The Morgan fingerprint density at radius 1 is 0.750 bits per heavy atom. The lowest BCUT2D eigenvalue weighted by molar-refractivity contribution is -0.349. The van der Waals surface area contributed by atoms with E-state index in [1.165, 1.54) is 11.8 Å². The van der Waals surface area contributed by atoms with E-state index in [4.69, 9.17) is 37.3 Å². The predicted molar refractivity (Wildman–Crippen MR) is 323 cm³/mol. The molecule has 4 aliphatic rings. The number of ether oxygens (including phenoxy) is 6. The molecule has 15 unspecified atom stereocenters. The highest BCUT2D eigenvalue weighted by molar-refractivity contribution is 6.78. The maximum Gasteiger partial charge on any atom is 0.329 e. The Kier molecular flexibility index (Phi) is 26.7. The highest BCUT2D eigenvalue weighted by atomic mass is 28.4. The molecule has 0 aromatic rings. The number of carbonyl (C=O) groups excluding carboxylic acids is 4. The SMILES string of the molecule is C=CCC1/C=C(\C)CC(C)CC(OC)C2OC(OC(C)=O)(C(C)CC2OC)C(O)C(=O)N2CCCCC2C(=O)OC(C(C)=CC2CCC(O[Si](C(C)C)(C(C)C)C(C)C)C(OC)C2)C(C)C(O[Si](C(C)C)(C(C)C)C(C)C)CC1=O. The van der Waals surface area contributed by atoms with E-state index in [0.29, 0.717) is 55.1 Å². The van der Waals surface area contributed by atoms with E-state index in [-0.39, 0.29) is 72.3 Å². The molecule has 0 radical (unpaired) electrons. The number of amides is 1. The maximum absolute atomic E-state index is 15.5. The fraction of sp³-hybridized carbons (Fsp3) is 0.844. The second-order valence-electron chi connectivity index (χ2n) is 26.8. The molecule has 1 amide bonds. The fourth-order valence-electron chi connectivity index (χ4n) is 15.6. The van der Waals surface area contributed by atoms with Gasteiger partial charge in [-0.05, 0) is 129 Å². The highest BCUT2D eigenvalue weighted by Crippen LogP contribution is 2.48. The minimum absolute atomic E-state index is 0.0100. The average molecular weight is 1160 g/mol. The van der Waals surface area contributed by atoms with Crippen LogP contribution in [0.1, 0.15) is 195 Å². The number of cyclic esters (lactones) is 1. The smallest absolute Gasteiger partial charge is 0.329 e. The molecule has 3 aliphatic heterocycles. The molecule has 0 aromatic heterocycles. The van der Waals surface area contributed by atoms with E-state index in [2.05, 4.69) is 123 Å². The number of esters is 2. The van der Waals surface area contributed by atoms with Gasteiger partial charge in [-0.3, -0.25) is 14.4 Å². The van der Waals surface area contributed by atoms with Gasteiger partial charge < -0.3 is 47.3 Å². The number of aliphatic hydroxyl groups excluding tert-OH is 1. The van der Waals surface area contributed by atoms with Crippen molar-refractivity contribution in [3.63, 3.8) is 0 Å². The van der Waals surface area contributed by atoms with Gasteiger partial charge in [0.15, 0.2) is 6.10 Å². The number of rotatable bonds is 18. The summed E-state index contributed by atoms with van der Waals surface area (Å²) in [6, 6.07) is -1.09. The second-order valence-corrected chi connectivity index (χ2v) is 37.6. The molecule has 1 saturated carbocycles. The van der Waals surface area contributed by atoms with Crippen LogP contribution in [0, 0.1) is 29.6 Å². The molecule has 3 heterocycles. The molecule has 2 saturated heterocycles. The molecule has 16 heteroatoms. The van der Waals surface area contributed by atoms with Gasteiger partial charge in [-0.1, -0.05) is 128 Å². The van der Waals surface area contributed by atoms with E-state index in [0.717, 1.165) is 24.0 Å². The lowest BCUT2D eigenvalue weighted by Gasteiger charge is -2.51. The zero-order valence-corrected chi connectivity index (χ0v) is 55.8. The van der Waals surface area contributed by atoms with Gasteiger partial charge in [-0.15, -0.1) is 6.58 Å². The number of hydrogen-bond donors (Lipinski definition) is 1. The van der Waals surface area contributed by atoms with Gasteiger partial charge in [-0.25, -0.2) is 4.79 Å². The number of methoxy groups -OCH3 is 3. The number of hydrogen-bond acceptors (Lipinski definition) is 13. The Morgan fingerprint density at radius 3 is 1.80 bits per heavy atom. The Labute approximate surface area is 487 Å². The van der Waals surface area contributed by atoms with Crippen molar-refractivity contribution >= 4 is 40.3 Å². The Bertz CT molecular complexity index is 2050. The summed E-state index contributed by atoms with van der Waals surface area (Å²) in [5, 5.41) is 12.6. The summed E-state index contributed by atoms with van der Waals surface area (Å²) in [4.78, 5) is 60.6. The molecule has 4 rings (SSSR count). The van der Waals surface area contributed by atoms with Crippen LogP contribution in [0.2, 0.25) is 33.2 Å². The largest absolute Gasteiger partial charge is 0.456 e. The van der Waals surface area contributed by atoms with Gasteiger partial charge in [0.2, 0.25) is 16.6 Å². The van der Waals surface area contributed by atoms with E-state index >= 15 is 14.4 Å². The van der Waals surface area contributed by atoms with Crippen LogP contribution < -0.4 is 0 Å². The van der Waals surface area contributed by atoms with Gasteiger partial charge in [0.25, 0.3) is 11.7 Å². The summed E-state index contributed by atoms with van der Waals surface area (Å²) in [5.74, 6) is -5.95. The van der Waals surface area contributed by atoms with Crippen LogP contribution in [-0.2, 0) is 56.5 Å². The first kappa shape index (κ1) is 69.9. The van der Waals surface area contributed by atoms with Crippen molar-refractivity contribution in [2.75, 3.05) is 27.9 Å². The molecule has 80 heavy (non-hydrogen) atoms. The second kappa shape index (κ2) is 30.5. The maximum atomic E-state index is 15.5. The van der Waals surface area contributed by atoms with Gasteiger partial charge in [-0.2, -0.15) is 0 Å². The first-order valence-electron chi connectivity index (χ1n) is 30.9. The molecule has 3 fully saturated rings. The third-order valence-electron chi connectivity index (χ3n) is 19.4. The van der Waals surface area contributed by atoms with Gasteiger partial charge in [0.1, 0.15) is 24.0 Å². The standard InChI is InChI=1S/C64H113NO13Si2/c1-23-26-51-32-44(14)31-45(15)33-57(72-21)60-58(73-22)35-47(17)64(76-60,75-49(19)66)61(68)62(69)65-30-25-24-27-52(65)63(70)74-59(48(18)55(37-53(51)67)78-80(41(8)9,42(10)11)43(12)13)46(16)34-50-28-29-54(56(36-50)71-20)77-79(38(2)3,39(4)5)40(6)7/h23,32,34,38-43,45,47-48,50-52,54-61,68H,1,24-31,33,35-37H2,2-22H3/b44-32+,46-34?. The van der Waals surface area contributed by atoms with Crippen molar-refractivity contribution in [2.45, 2.75) is 289 Å². The number of ketones is 1. The van der Waals surface area contributed by atoms with Gasteiger partial charge >= 0.3 is 11.9 Å². The first-order chi connectivity index (χ1) is 37.4. The summed E-state index contributed by atoms with van der Waals surface area (Å²) in [6.45, 7) is 42.8. The summed E-state index contributed by atoms with van der Waals surface area (Å²) >= 11 is 0. The number of aliphatic hydroxyl groups is 1. The van der Waals surface area contributed by atoms with Crippen molar-refractivity contribution in [3.05, 3.63) is 36.0 Å². The van der Waals surface area contributed by atoms with Crippen LogP contribution >= 0.6 is 0 Å². The third-order valence-corrected chi connectivity index (χ3v) is 31.6. The summed E-state index contributed by atoms with van der Waals surface area (Å²) in [6.07, 6.45) is 6.10. The first-order valence-corrected chi connectivity index (χ1v) is 35.2. The van der Waals surface area contributed by atoms with Crippen molar-refractivity contribution in [1.82, 2.24) is 4.90 Å². The van der Waals surface area contributed by atoms with Gasteiger partial charge in [0, 0.05) is 59.0 Å². The van der Waals surface area contributed by atoms with Crippen LogP contribution in [0.5, 0.6) is 0 Å². The lowest BCUT2D eigenvalue weighted by Crippen LogP contribution is -2.67. The molecule has 0 aromatic carbocycles. The Hall–Kier alpha value is -2.55. The number of fused-ring (bicyclic) bond motifs is 3. The Morgan fingerprint density at radius 2 is 1.29 bits per heavy atom. The van der Waals surface area contributed by atoms with Crippen LogP contribution in [0.25, 0.3) is 0 Å².